The van der Waals surface area contributed by atoms with Crippen molar-refractivity contribution in [2.45, 2.75) is 30.8 Å². The van der Waals surface area contributed by atoms with E-state index >= 15 is 0 Å². The molecule has 4 heteroatoms. The second-order valence-electron chi connectivity index (χ2n) is 5.32. The molecule has 0 bridgehead atoms. The monoisotopic (exact) mass is 272 g/mol. The Morgan fingerprint density at radius 1 is 1.21 bits per heavy atom. The molecular formula is C15H16N2OS. The van der Waals surface area contributed by atoms with Gasteiger partial charge in [0.15, 0.2) is 0 Å². The van der Waals surface area contributed by atoms with Gasteiger partial charge in [0.2, 0.25) is 0 Å². The van der Waals surface area contributed by atoms with E-state index in [1.54, 1.807) is 11.8 Å². The van der Waals surface area contributed by atoms with Crippen molar-refractivity contribution in [1.29, 1.82) is 0 Å². The van der Waals surface area contributed by atoms with Crippen LogP contribution in [-0.2, 0) is 16.9 Å². The van der Waals surface area contributed by atoms with Crippen LogP contribution in [0.5, 0.6) is 0 Å². The Hall–Kier alpha value is -1.55. The van der Waals surface area contributed by atoms with Crippen LogP contribution in [0.25, 0.3) is 0 Å². The lowest BCUT2D eigenvalue weighted by Gasteiger charge is -2.24. The Kier molecular flexibility index (Phi) is 2.97. The van der Waals surface area contributed by atoms with Crippen LogP contribution in [0.4, 0.5) is 0 Å². The summed E-state index contributed by atoms with van der Waals surface area (Å²) >= 11 is 1.75. The molecule has 1 aromatic heterocycles. The van der Waals surface area contributed by atoms with E-state index in [2.05, 4.69) is 35.9 Å². The third-order valence-electron chi connectivity index (χ3n) is 3.67. The summed E-state index contributed by atoms with van der Waals surface area (Å²) in [5.74, 6) is 2.38. The summed E-state index contributed by atoms with van der Waals surface area (Å²) in [6.45, 7) is 4.18. The molecular weight excluding hydrogens is 256 g/mol. The number of benzene rings is 1. The average Bonchev–Trinajstić information content (AvgIpc) is 2.88. The summed E-state index contributed by atoms with van der Waals surface area (Å²) in [7, 11) is 0. The van der Waals surface area contributed by atoms with Gasteiger partial charge in [-0.25, -0.2) is 4.98 Å². The minimum Gasteiger partial charge on any atom is -0.310 e. The Morgan fingerprint density at radius 3 is 2.68 bits per heavy atom. The molecule has 3 nitrogen and oxygen atoms in total. The molecule has 0 atom stereocenters. The van der Waals surface area contributed by atoms with Crippen LogP contribution in [0.3, 0.4) is 0 Å². The summed E-state index contributed by atoms with van der Waals surface area (Å²) < 4.78 is 0. The van der Waals surface area contributed by atoms with Crippen molar-refractivity contribution in [1.82, 2.24) is 9.97 Å². The summed E-state index contributed by atoms with van der Waals surface area (Å²) in [6, 6.07) is 10.2. The topological polar surface area (TPSA) is 45.8 Å². The maximum atomic E-state index is 12.1. The number of aromatic nitrogens is 2. The highest BCUT2D eigenvalue weighted by Gasteiger charge is 2.28. The van der Waals surface area contributed by atoms with E-state index in [9.17, 15) is 4.79 Å². The third kappa shape index (κ3) is 2.10. The predicted octanol–water partition coefficient (Wildman–Crippen LogP) is 2.84. The van der Waals surface area contributed by atoms with Gasteiger partial charge in [-0.15, -0.1) is 0 Å². The molecule has 0 fully saturated rings. The molecule has 0 saturated carbocycles. The largest absolute Gasteiger partial charge is 0.310 e. The third-order valence-corrected chi connectivity index (χ3v) is 4.64. The van der Waals surface area contributed by atoms with Crippen molar-refractivity contribution in [2.24, 2.45) is 0 Å². The summed E-state index contributed by atoms with van der Waals surface area (Å²) in [5.41, 5.74) is 2.69. The molecule has 0 saturated heterocycles. The van der Waals surface area contributed by atoms with Crippen molar-refractivity contribution >= 4 is 11.8 Å². The van der Waals surface area contributed by atoms with Gasteiger partial charge in [-0.3, -0.25) is 4.79 Å². The molecule has 1 N–H and O–H groups in total. The van der Waals surface area contributed by atoms with E-state index in [1.807, 2.05) is 18.2 Å². The number of thioether (sulfide) groups is 1. The maximum Gasteiger partial charge on any atom is 0.255 e. The van der Waals surface area contributed by atoms with Crippen LogP contribution in [0.15, 0.2) is 35.1 Å². The second kappa shape index (κ2) is 4.53. The highest BCUT2D eigenvalue weighted by atomic mass is 32.2. The number of nitrogens with zero attached hydrogens (tertiary/aromatic N) is 1. The average molecular weight is 272 g/mol. The van der Waals surface area contributed by atoms with Gasteiger partial charge in [0, 0.05) is 22.5 Å². The van der Waals surface area contributed by atoms with Crippen molar-refractivity contribution in [3.8, 4) is 0 Å². The Labute approximate surface area is 116 Å². The quantitative estimate of drug-likeness (QED) is 0.914. The Bertz CT molecular complexity index is 662. The van der Waals surface area contributed by atoms with E-state index in [0.29, 0.717) is 0 Å². The van der Waals surface area contributed by atoms with Gasteiger partial charge in [-0.1, -0.05) is 30.3 Å². The zero-order valence-electron chi connectivity index (χ0n) is 11.1. The molecule has 1 aliphatic rings. The molecule has 2 aromatic rings. The first-order chi connectivity index (χ1) is 9.09. The summed E-state index contributed by atoms with van der Waals surface area (Å²) in [6.07, 6.45) is 0. The van der Waals surface area contributed by atoms with E-state index in [-0.39, 0.29) is 11.0 Å². The lowest BCUT2D eigenvalue weighted by atomic mass is 9.83. The molecule has 2 heterocycles. The molecule has 0 aliphatic carbocycles. The number of nitrogens with one attached hydrogen (secondary N) is 1. The molecule has 3 rings (SSSR count). The first-order valence-corrected chi connectivity index (χ1v) is 7.50. The van der Waals surface area contributed by atoms with Gasteiger partial charge >= 0.3 is 0 Å². The number of aromatic amines is 1. The molecule has 0 radical (unpaired) electrons. The van der Waals surface area contributed by atoms with Gasteiger partial charge in [-0.05, 0) is 19.4 Å². The van der Waals surface area contributed by atoms with Crippen LogP contribution in [-0.4, -0.2) is 9.97 Å². The predicted molar refractivity (Wildman–Crippen MR) is 78.4 cm³/mol. The van der Waals surface area contributed by atoms with Gasteiger partial charge in [0.05, 0.1) is 5.69 Å². The lowest BCUT2D eigenvalue weighted by molar-refractivity contribution is 0.582. The minimum atomic E-state index is -0.289. The maximum absolute atomic E-state index is 12.1. The number of rotatable bonds is 2. The molecule has 98 valence electrons. The number of hydrogen-bond donors (Lipinski definition) is 1. The Morgan fingerprint density at radius 2 is 1.95 bits per heavy atom. The summed E-state index contributed by atoms with van der Waals surface area (Å²) in [5, 5.41) is 0. The SMILES string of the molecule is CC(C)(c1ccccc1)c1nc2c(c(=O)[nH]1)CSC2. The van der Waals surface area contributed by atoms with Crippen molar-refractivity contribution in [3.63, 3.8) is 0 Å². The van der Waals surface area contributed by atoms with Gasteiger partial charge < -0.3 is 4.98 Å². The molecule has 0 amide bonds. The normalized spacial score (nSPS) is 14.4. The van der Waals surface area contributed by atoms with E-state index < -0.39 is 0 Å². The first kappa shape index (κ1) is 12.5. The van der Waals surface area contributed by atoms with Crippen molar-refractivity contribution in [2.75, 3.05) is 0 Å². The molecule has 19 heavy (non-hydrogen) atoms. The molecule has 0 unspecified atom stereocenters. The second-order valence-corrected chi connectivity index (χ2v) is 6.31. The molecule has 1 aromatic carbocycles. The zero-order chi connectivity index (χ0) is 13.5. The fraction of sp³-hybridized carbons (Fsp3) is 0.333. The number of fused-ring (bicyclic) bond motifs is 1. The van der Waals surface area contributed by atoms with Crippen molar-refractivity contribution in [3.05, 3.63) is 63.3 Å². The summed E-state index contributed by atoms with van der Waals surface area (Å²) in [4.78, 5) is 19.8. The Balaban J connectivity index is 2.12. The van der Waals surface area contributed by atoms with Gasteiger partial charge in [0.1, 0.15) is 5.82 Å². The van der Waals surface area contributed by atoms with Crippen LogP contribution >= 0.6 is 11.8 Å². The molecule has 0 spiro atoms. The fourth-order valence-electron chi connectivity index (χ4n) is 2.35. The lowest BCUT2D eigenvalue weighted by Crippen LogP contribution is -2.28. The number of hydrogen-bond acceptors (Lipinski definition) is 3. The van der Waals surface area contributed by atoms with E-state index in [0.717, 1.165) is 34.2 Å². The zero-order valence-corrected chi connectivity index (χ0v) is 11.9. The van der Waals surface area contributed by atoms with Crippen LogP contribution < -0.4 is 5.56 Å². The smallest absolute Gasteiger partial charge is 0.255 e. The minimum absolute atomic E-state index is 0.0222. The number of H-pyrrole nitrogens is 1. The van der Waals surface area contributed by atoms with Gasteiger partial charge in [0.25, 0.3) is 5.56 Å². The van der Waals surface area contributed by atoms with Crippen LogP contribution in [0.1, 0.15) is 36.5 Å². The highest BCUT2D eigenvalue weighted by Crippen LogP contribution is 2.31. The van der Waals surface area contributed by atoms with E-state index in [1.165, 1.54) is 0 Å². The first-order valence-electron chi connectivity index (χ1n) is 6.35. The van der Waals surface area contributed by atoms with E-state index in [4.69, 9.17) is 0 Å². The molecule has 1 aliphatic heterocycles. The standard InChI is InChI=1S/C15H16N2OS/c1-15(2,10-6-4-3-5-7-10)14-16-12-9-19-8-11(12)13(18)17-14/h3-7H,8-9H2,1-2H3,(H,16,17,18). The van der Waals surface area contributed by atoms with Crippen molar-refractivity contribution < 1.29 is 0 Å². The fourth-order valence-corrected chi connectivity index (χ4v) is 3.39. The van der Waals surface area contributed by atoms with Gasteiger partial charge in [-0.2, -0.15) is 11.8 Å². The van der Waals surface area contributed by atoms with Crippen LogP contribution in [0, 0.1) is 0 Å². The highest BCUT2D eigenvalue weighted by molar-refractivity contribution is 7.98. The van der Waals surface area contributed by atoms with Crippen LogP contribution in [0.2, 0.25) is 0 Å².